The molecular formula is C26H24ClN5OS. The molecule has 5 rings (SSSR count). The minimum atomic E-state index is -0.268. The van der Waals surface area contributed by atoms with Crippen LogP contribution in [0.15, 0.2) is 67.0 Å². The Bertz CT molecular complexity index is 1390. The van der Waals surface area contributed by atoms with Crippen molar-refractivity contribution < 1.29 is 5.11 Å². The van der Waals surface area contributed by atoms with Crippen molar-refractivity contribution in [3.63, 3.8) is 0 Å². The van der Waals surface area contributed by atoms with E-state index in [1.165, 1.54) is 0 Å². The van der Waals surface area contributed by atoms with E-state index in [0.717, 1.165) is 34.0 Å². The van der Waals surface area contributed by atoms with E-state index < -0.39 is 0 Å². The summed E-state index contributed by atoms with van der Waals surface area (Å²) in [5.74, 6) is 0.999. The second kappa shape index (κ2) is 8.74. The van der Waals surface area contributed by atoms with Crippen LogP contribution in [0.1, 0.15) is 40.3 Å². The molecule has 6 nitrogen and oxygen atoms in total. The summed E-state index contributed by atoms with van der Waals surface area (Å²) in [5, 5.41) is 15.2. The van der Waals surface area contributed by atoms with Gasteiger partial charge in [-0.25, -0.2) is 4.98 Å². The summed E-state index contributed by atoms with van der Waals surface area (Å²) in [4.78, 5) is 11.2. The van der Waals surface area contributed by atoms with Gasteiger partial charge >= 0.3 is 0 Å². The van der Waals surface area contributed by atoms with Gasteiger partial charge in [0.05, 0.1) is 23.5 Å². The molecule has 0 saturated carbocycles. The van der Waals surface area contributed by atoms with Crippen LogP contribution in [0, 0.1) is 20.8 Å². The van der Waals surface area contributed by atoms with E-state index in [4.69, 9.17) is 23.8 Å². The predicted molar refractivity (Wildman–Crippen MR) is 139 cm³/mol. The summed E-state index contributed by atoms with van der Waals surface area (Å²) in [6, 6.07) is 16.5. The number of phenols is 1. The zero-order valence-corrected chi connectivity index (χ0v) is 20.6. The van der Waals surface area contributed by atoms with Gasteiger partial charge in [-0.3, -0.25) is 4.98 Å². The van der Waals surface area contributed by atoms with Crippen molar-refractivity contribution in [1.29, 1.82) is 0 Å². The maximum absolute atomic E-state index is 10.8. The fourth-order valence-corrected chi connectivity index (χ4v) is 5.25. The number of nitrogens with one attached hydrogen (secondary N) is 1. The molecule has 3 aromatic heterocycles. The summed E-state index contributed by atoms with van der Waals surface area (Å²) >= 11 is 12.1. The average Bonchev–Trinajstić information content (AvgIpc) is 3.32. The number of halogens is 1. The molecule has 2 N–H and O–H groups in total. The number of phenolic OH excluding ortho intramolecular Hbond substituents is 1. The van der Waals surface area contributed by atoms with Gasteiger partial charge in [0.2, 0.25) is 0 Å². The molecule has 172 valence electrons. The highest BCUT2D eigenvalue weighted by Gasteiger charge is 2.43. The molecule has 4 heterocycles. The Hall–Kier alpha value is -3.42. The van der Waals surface area contributed by atoms with Gasteiger partial charge in [-0.15, -0.1) is 0 Å². The van der Waals surface area contributed by atoms with Gasteiger partial charge in [0.15, 0.2) is 5.11 Å². The van der Waals surface area contributed by atoms with E-state index >= 15 is 0 Å². The quantitative estimate of drug-likeness (QED) is 0.357. The molecule has 0 bridgehead atoms. The number of aromatic nitrogens is 3. The number of hydrogen-bond donors (Lipinski definition) is 2. The standard InChI is InChI=1S/C26H24ClN5OS/c1-15-7-6-12-29-25(15)31-16(2)13-19(17(31)3)24-23(20-8-4-5-11-28-20)30-26(34)32(24)21-14-18(27)9-10-22(21)33/h4-14,23-24,33H,1-3H3,(H,30,34)/t23-,24+/m1/s1. The number of nitrogens with zero attached hydrogens (tertiary/aromatic N) is 4. The number of pyridine rings is 2. The molecular weight excluding hydrogens is 466 g/mol. The number of aromatic hydroxyl groups is 1. The van der Waals surface area contributed by atoms with Gasteiger partial charge in [0.1, 0.15) is 11.6 Å². The SMILES string of the molecule is Cc1cccnc1-n1c(C)cc([C@H]2[C@@H](c3ccccn3)NC(=S)N2c2cc(Cl)ccc2O)c1C. The molecule has 1 aliphatic rings. The molecule has 8 heteroatoms. The van der Waals surface area contributed by atoms with Crippen molar-refractivity contribution >= 4 is 34.6 Å². The maximum atomic E-state index is 10.8. The second-order valence-electron chi connectivity index (χ2n) is 8.44. The first-order valence-electron chi connectivity index (χ1n) is 11.0. The minimum Gasteiger partial charge on any atom is -0.506 e. The highest BCUT2D eigenvalue weighted by Crippen LogP contribution is 2.46. The average molecular weight is 490 g/mol. The first-order valence-corrected chi connectivity index (χ1v) is 11.8. The summed E-state index contributed by atoms with van der Waals surface area (Å²) < 4.78 is 2.16. The number of hydrogen-bond acceptors (Lipinski definition) is 4. The lowest BCUT2D eigenvalue weighted by Gasteiger charge is -2.28. The third kappa shape index (κ3) is 3.71. The summed E-state index contributed by atoms with van der Waals surface area (Å²) in [6.07, 6.45) is 3.58. The molecule has 0 amide bonds. The van der Waals surface area contributed by atoms with Crippen LogP contribution in [0.3, 0.4) is 0 Å². The van der Waals surface area contributed by atoms with Crippen LogP contribution in [0.5, 0.6) is 5.75 Å². The van der Waals surface area contributed by atoms with Crippen LogP contribution in [-0.4, -0.2) is 24.8 Å². The molecule has 0 unspecified atom stereocenters. The zero-order chi connectivity index (χ0) is 24.0. The Labute approximate surface area is 208 Å². The number of aryl methyl sites for hydroxylation is 2. The maximum Gasteiger partial charge on any atom is 0.174 e. The van der Waals surface area contributed by atoms with Gasteiger partial charge in [-0.05, 0) is 86.6 Å². The molecule has 1 saturated heterocycles. The number of anilines is 1. The lowest BCUT2D eigenvalue weighted by Crippen LogP contribution is -2.29. The van der Waals surface area contributed by atoms with Crippen molar-refractivity contribution in [2.75, 3.05) is 4.90 Å². The zero-order valence-electron chi connectivity index (χ0n) is 19.0. The highest BCUT2D eigenvalue weighted by atomic mass is 35.5. The van der Waals surface area contributed by atoms with Crippen LogP contribution in [-0.2, 0) is 0 Å². The van der Waals surface area contributed by atoms with E-state index in [-0.39, 0.29) is 17.8 Å². The minimum absolute atomic E-state index is 0.106. The lowest BCUT2D eigenvalue weighted by atomic mass is 9.96. The van der Waals surface area contributed by atoms with E-state index in [1.807, 2.05) is 29.2 Å². The summed E-state index contributed by atoms with van der Waals surface area (Å²) in [7, 11) is 0. The first-order chi connectivity index (χ1) is 16.4. The number of benzene rings is 1. The summed E-state index contributed by atoms with van der Waals surface area (Å²) in [5.41, 5.74) is 5.65. The monoisotopic (exact) mass is 489 g/mol. The Morgan fingerprint density at radius 1 is 1.00 bits per heavy atom. The van der Waals surface area contributed by atoms with Crippen LogP contribution in [0.25, 0.3) is 5.82 Å². The van der Waals surface area contributed by atoms with Crippen LogP contribution < -0.4 is 10.2 Å². The molecule has 1 fully saturated rings. The molecule has 0 radical (unpaired) electrons. The van der Waals surface area contributed by atoms with Crippen LogP contribution >= 0.6 is 23.8 Å². The van der Waals surface area contributed by atoms with Crippen LogP contribution in [0.4, 0.5) is 5.69 Å². The molecule has 0 spiro atoms. The van der Waals surface area contributed by atoms with Crippen molar-refractivity contribution in [1.82, 2.24) is 19.9 Å². The largest absolute Gasteiger partial charge is 0.506 e. The van der Waals surface area contributed by atoms with Gasteiger partial charge in [0, 0.05) is 28.8 Å². The first kappa shape index (κ1) is 22.4. The second-order valence-corrected chi connectivity index (χ2v) is 9.26. The van der Waals surface area contributed by atoms with E-state index in [1.54, 1.807) is 30.6 Å². The Morgan fingerprint density at radius 2 is 1.79 bits per heavy atom. The Balaban J connectivity index is 1.72. The van der Waals surface area contributed by atoms with Crippen molar-refractivity contribution in [2.24, 2.45) is 0 Å². The molecule has 34 heavy (non-hydrogen) atoms. The fraction of sp³-hybridized carbons (Fsp3) is 0.192. The van der Waals surface area contributed by atoms with Gasteiger partial charge < -0.3 is 19.9 Å². The molecule has 4 aromatic rings. The lowest BCUT2D eigenvalue weighted by molar-refractivity contribution is 0.472. The third-order valence-electron chi connectivity index (χ3n) is 6.28. The van der Waals surface area contributed by atoms with Gasteiger partial charge in [0.25, 0.3) is 0 Å². The number of thiocarbonyl (C=S) groups is 1. The van der Waals surface area contributed by atoms with E-state index in [2.05, 4.69) is 52.8 Å². The fourth-order valence-electron chi connectivity index (χ4n) is 4.74. The molecule has 1 aromatic carbocycles. The Kier molecular flexibility index (Phi) is 5.75. The normalized spacial score (nSPS) is 17.8. The van der Waals surface area contributed by atoms with Gasteiger partial charge in [-0.1, -0.05) is 23.7 Å². The summed E-state index contributed by atoms with van der Waals surface area (Å²) in [6.45, 7) is 6.21. The van der Waals surface area contributed by atoms with Crippen LogP contribution in [0.2, 0.25) is 5.02 Å². The van der Waals surface area contributed by atoms with Crippen molar-refractivity contribution in [3.8, 4) is 11.6 Å². The number of rotatable bonds is 4. The molecule has 1 aliphatic heterocycles. The predicted octanol–water partition coefficient (Wildman–Crippen LogP) is 5.73. The van der Waals surface area contributed by atoms with Crippen molar-refractivity contribution in [3.05, 3.63) is 100 Å². The smallest absolute Gasteiger partial charge is 0.174 e. The van der Waals surface area contributed by atoms with Gasteiger partial charge in [-0.2, -0.15) is 0 Å². The Morgan fingerprint density at radius 3 is 2.53 bits per heavy atom. The highest BCUT2D eigenvalue weighted by molar-refractivity contribution is 7.80. The third-order valence-corrected chi connectivity index (χ3v) is 6.83. The topological polar surface area (TPSA) is 66.2 Å². The van der Waals surface area contributed by atoms with E-state index in [9.17, 15) is 5.11 Å². The van der Waals surface area contributed by atoms with E-state index in [0.29, 0.717) is 15.8 Å². The molecule has 2 atom stereocenters. The molecule has 0 aliphatic carbocycles. The van der Waals surface area contributed by atoms with Crippen molar-refractivity contribution in [2.45, 2.75) is 32.9 Å².